The van der Waals surface area contributed by atoms with E-state index in [0.29, 0.717) is 24.1 Å². The van der Waals surface area contributed by atoms with Crippen LogP contribution in [0.3, 0.4) is 0 Å². The van der Waals surface area contributed by atoms with E-state index in [0.717, 1.165) is 19.5 Å². The van der Waals surface area contributed by atoms with Gasteiger partial charge in [-0.25, -0.2) is 14.1 Å². The Labute approximate surface area is 147 Å². The fourth-order valence-electron chi connectivity index (χ4n) is 3.24. The van der Waals surface area contributed by atoms with Crippen molar-refractivity contribution in [2.45, 2.75) is 39.2 Å². The van der Waals surface area contributed by atoms with Gasteiger partial charge in [-0.15, -0.1) is 5.10 Å². The van der Waals surface area contributed by atoms with E-state index >= 15 is 0 Å². The Hall–Kier alpha value is -2.28. The number of rotatable bonds is 6. The second-order valence-electron chi connectivity index (χ2n) is 6.39. The highest BCUT2D eigenvalue weighted by molar-refractivity contribution is 5.90. The minimum Gasteiger partial charge on any atom is -0.348 e. The minimum atomic E-state index is -0.313. The van der Waals surface area contributed by atoms with E-state index in [1.807, 2.05) is 0 Å². The molecule has 3 rings (SSSR count). The van der Waals surface area contributed by atoms with E-state index < -0.39 is 0 Å². The van der Waals surface area contributed by atoms with Crippen LogP contribution in [0.2, 0.25) is 0 Å². The Kier molecular flexibility index (Phi) is 5.43. The average Bonchev–Trinajstić information content (AvgIpc) is 3.26. The number of hydrogen-bond acceptors (Lipinski definition) is 4. The maximum absolute atomic E-state index is 13.1. The molecule has 2 heterocycles. The van der Waals surface area contributed by atoms with Gasteiger partial charge in [0.25, 0.3) is 5.91 Å². The molecule has 7 heteroatoms. The van der Waals surface area contributed by atoms with Crippen LogP contribution in [0.1, 0.15) is 42.6 Å². The van der Waals surface area contributed by atoms with Gasteiger partial charge in [0.15, 0.2) is 0 Å². The van der Waals surface area contributed by atoms with Crippen LogP contribution in [-0.4, -0.2) is 51.2 Å². The smallest absolute Gasteiger partial charge is 0.291 e. The topological polar surface area (TPSA) is 63.1 Å². The first-order chi connectivity index (χ1) is 12.1. The predicted octanol–water partition coefficient (Wildman–Crippen LogP) is 2.32. The van der Waals surface area contributed by atoms with Gasteiger partial charge < -0.3 is 5.32 Å². The Morgan fingerprint density at radius 1 is 1.28 bits per heavy atom. The number of benzene rings is 1. The minimum absolute atomic E-state index is 0.137. The summed E-state index contributed by atoms with van der Waals surface area (Å²) in [5, 5.41) is 7.22. The first-order valence-electron chi connectivity index (χ1n) is 8.80. The van der Waals surface area contributed by atoms with Gasteiger partial charge in [-0.05, 0) is 63.5 Å². The number of likely N-dealkylation sites (tertiary alicyclic amines) is 1. The molecule has 25 heavy (non-hydrogen) atoms. The highest BCUT2D eigenvalue weighted by Crippen LogP contribution is 2.14. The highest BCUT2D eigenvalue weighted by atomic mass is 19.1. The van der Waals surface area contributed by atoms with Crippen LogP contribution >= 0.6 is 0 Å². The van der Waals surface area contributed by atoms with Gasteiger partial charge in [-0.3, -0.25) is 9.69 Å². The number of nitrogens with zero attached hydrogens (tertiary/aromatic N) is 4. The van der Waals surface area contributed by atoms with Crippen LogP contribution in [0.5, 0.6) is 0 Å². The van der Waals surface area contributed by atoms with Crippen molar-refractivity contribution in [1.29, 1.82) is 0 Å². The molecule has 1 aromatic heterocycles. The van der Waals surface area contributed by atoms with Crippen LogP contribution in [0, 0.1) is 12.7 Å². The lowest BCUT2D eigenvalue weighted by Gasteiger charge is -2.26. The number of carbonyl (C=O) groups is 1. The molecule has 6 nitrogen and oxygen atoms in total. The molecular formula is C18H24FN5O. The van der Waals surface area contributed by atoms with E-state index in [-0.39, 0.29) is 17.5 Å². The molecule has 0 saturated carbocycles. The van der Waals surface area contributed by atoms with Crippen molar-refractivity contribution < 1.29 is 9.18 Å². The van der Waals surface area contributed by atoms with Crippen LogP contribution in [-0.2, 0) is 0 Å². The normalized spacial score (nSPS) is 16.1. The third-order valence-corrected chi connectivity index (χ3v) is 4.67. The van der Waals surface area contributed by atoms with Gasteiger partial charge in [-0.1, -0.05) is 6.92 Å². The van der Waals surface area contributed by atoms with Gasteiger partial charge in [0.05, 0.1) is 5.69 Å². The summed E-state index contributed by atoms with van der Waals surface area (Å²) in [4.78, 5) is 19.1. The molecule has 0 bridgehead atoms. The molecule has 1 atom stereocenters. The van der Waals surface area contributed by atoms with E-state index in [9.17, 15) is 9.18 Å². The average molecular weight is 345 g/mol. The SMILES string of the molecule is CC[C@H](CNC(=O)c1nc(C)n(-c2ccc(F)cc2)n1)N1CCCC1. The molecule has 0 unspecified atom stereocenters. The zero-order valence-corrected chi connectivity index (χ0v) is 14.7. The lowest BCUT2D eigenvalue weighted by Crippen LogP contribution is -2.42. The summed E-state index contributed by atoms with van der Waals surface area (Å²) in [6.45, 7) is 6.71. The predicted molar refractivity (Wildman–Crippen MR) is 93.3 cm³/mol. The van der Waals surface area contributed by atoms with Gasteiger partial charge in [0, 0.05) is 12.6 Å². The lowest BCUT2D eigenvalue weighted by atomic mass is 10.2. The molecule has 0 aliphatic carbocycles. The van der Waals surface area contributed by atoms with Crippen molar-refractivity contribution in [2.75, 3.05) is 19.6 Å². The summed E-state index contributed by atoms with van der Waals surface area (Å²) >= 11 is 0. The quantitative estimate of drug-likeness (QED) is 0.873. The summed E-state index contributed by atoms with van der Waals surface area (Å²) in [5.74, 6) is 0.134. The summed E-state index contributed by atoms with van der Waals surface area (Å²) < 4.78 is 14.6. The molecule has 2 aromatic rings. The fraction of sp³-hybridized carbons (Fsp3) is 0.500. The van der Waals surface area contributed by atoms with Crippen molar-refractivity contribution >= 4 is 5.91 Å². The number of nitrogens with one attached hydrogen (secondary N) is 1. The highest BCUT2D eigenvalue weighted by Gasteiger charge is 2.22. The zero-order chi connectivity index (χ0) is 17.8. The second kappa shape index (κ2) is 7.74. The molecular weight excluding hydrogens is 321 g/mol. The van der Waals surface area contributed by atoms with Crippen LogP contribution in [0.25, 0.3) is 5.69 Å². The first kappa shape index (κ1) is 17.5. The van der Waals surface area contributed by atoms with E-state index in [2.05, 4.69) is 27.2 Å². The van der Waals surface area contributed by atoms with Crippen molar-refractivity contribution in [3.05, 3.63) is 41.7 Å². The number of halogens is 1. The molecule has 0 spiro atoms. The van der Waals surface area contributed by atoms with Crippen LogP contribution in [0.15, 0.2) is 24.3 Å². The monoisotopic (exact) mass is 345 g/mol. The van der Waals surface area contributed by atoms with Crippen molar-refractivity contribution in [3.8, 4) is 5.69 Å². The molecule has 1 N–H and O–H groups in total. The van der Waals surface area contributed by atoms with E-state index in [1.54, 1.807) is 23.7 Å². The number of aromatic nitrogens is 3. The van der Waals surface area contributed by atoms with E-state index in [4.69, 9.17) is 0 Å². The summed E-state index contributed by atoms with van der Waals surface area (Å²) in [7, 11) is 0. The third-order valence-electron chi connectivity index (χ3n) is 4.67. The number of amides is 1. The maximum atomic E-state index is 13.1. The van der Waals surface area contributed by atoms with Crippen LogP contribution in [0.4, 0.5) is 4.39 Å². The number of carbonyl (C=O) groups excluding carboxylic acids is 1. The molecule has 1 saturated heterocycles. The molecule has 1 aliphatic heterocycles. The fourth-order valence-corrected chi connectivity index (χ4v) is 3.24. The second-order valence-corrected chi connectivity index (χ2v) is 6.39. The molecule has 1 fully saturated rings. The molecule has 1 amide bonds. The van der Waals surface area contributed by atoms with Crippen molar-refractivity contribution in [2.24, 2.45) is 0 Å². The molecule has 0 radical (unpaired) electrons. The summed E-state index contributed by atoms with van der Waals surface area (Å²) in [6.07, 6.45) is 3.46. The van der Waals surface area contributed by atoms with Crippen molar-refractivity contribution in [1.82, 2.24) is 25.0 Å². The van der Waals surface area contributed by atoms with Gasteiger partial charge >= 0.3 is 0 Å². The van der Waals surface area contributed by atoms with Gasteiger partial charge in [-0.2, -0.15) is 0 Å². The Morgan fingerprint density at radius 2 is 1.96 bits per heavy atom. The lowest BCUT2D eigenvalue weighted by molar-refractivity contribution is 0.0926. The standard InChI is InChI=1S/C18H24FN5O/c1-3-15(23-10-4-5-11-23)12-20-18(25)17-21-13(2)24(22-17)16-8-6-14(19)7-9-16/h6-9,15H,3-5,10-12H2,1-2H3,(H,20,25)/t15-/m1/s1. The van der Waals surface area contributed by atoms with E-state index in [1.165, 1.54) is 25.0 Å². The number of hydrogen-bond donors (Lipinski definition) is 1. The number of aryl methyl sites for hydroxylation is 1. The zero-order valence-electron chi connectivity index (χ0n) is 14.7. The Bertz CT molecular complexity index is 722. The van der Waals surface area contributed by atoms with Gasteiger partial charge in [0.2, 0.25) is 5.82 Å². The van der Waals surface area contributed by atoms with Crippen molar-refractivity contribution in [3.63, 3.8) is 0 Å². The summed E-state index contributed by atoms with van der Waals surface area (Å²) in [6, 6.07) is 6.29. The first-order valence-corrected chi connectivity index (χ1v) is 8.80. The molecule has 1 aromatic carbocycles. The Morgan fingerprint density at radius 3 is 2.60 bits per heavy atom. The Balaban J connectivity index is 1.66. The summed E-state index contributed by atoms with van der Waals surface area (Å²) in [5.41, 5.74) is 0.675. The molecule has 134 valence electrons. The third kappa shape index (κ3) is 4.04. The van der Waals surface area contributed by atoms with Crippen LogP contribution < -0.4 is 5.32 Å². The van der Waals surface area contributed by atoms with Gasteiger partial charge in [0.1, 0.15) is 11.6 Å². The largest absolute Gasteiger partial charge is 0.348 e. The maximum Gasteiger partial charge on any atom is 0.291 e. The molecule has 1 aliphatic rings.